The summed E-state index contributed by atoms with van der Waals surface area (Å²) in [5.74, 6) is -0.524. The second-order valence-electron chi connectivity index (χ2n) is 2.26. The van der Waals surface area contributed by atoms with Crippen LogP contribution in [-0.4, -0.2) is 10.9 Å². The lowest BCUT2D eigenvalue weighted by molar-refractivity contribution is -0.113. The van der Waals surface area contributed by atoms with Crippen LogP contribution < -0.4 is 0 Å². The van der Waals surface area contributed by atoms with E-state index in [4.69, 9.17) is 5.11 Å². The van der Waals surface area contributed by atoms with Crippen molar-refractivity contribution >= 4 is 5.78 Å². The van der Waals surface area contributed by atoms with Crippen molar-refractivity contribution in [1.82, 2.24) is 0 Å². The first-order valence-electron chi connectivity index (χ1n) is 3.12. The van der Waals surface area contributed by atoms with Crippen LogP contribution in [0.15, 0.2) is 23.5 Å². The van der Waals surface area contributed by atoms with E-state index in [0.29, 0.717) is 0 Å². The molecule has 2 heteroatoms. The summed E-state index contributed by atoms with van der Waals surface area (Å²) in [7, 11) is 0. The first-order chi connectivity index (χ1) is 4.57. The van der Waals surface area contributed by atoms with Crippen molar-refractivity contribution in [2.45, 2.75) is 20.8 Å². The van der Waals surface area contributed by atoms with Gasteiger partial charge in [-0.3, -0.25) is 4.79 Å². The number of carbonyl (C=O) groups excluding carboxylic acids is 1. The van der Waals surface area contributed by atoms with Gasteiger partial charge in [-0.2, -0.15) is 0 Å². The number of carbonyl (C=O) groups is 1. The largest absolute Gasteiger partial charge is 0.504 e. The molecule has 0 saturated heterocycles. The monoisotopic (exact) mass is 140 g/mol. The third kappa shape index (κ3) is 3.07. The first kappa shape index (κ1) is 8.95. The van der Waals surface area contributed by atoms with Gasteiger partial charge in [-0.15, -0.1) is 0 Å². The van der Waals surface area contributed by atoms with E-state index in [2.05, 4.69) is 0 Å². The van der Waals surface area contributed by atoms with E-state index in [1.807, 2.05) is 0 Å². The fourth-order valence-electron chi connectivity index (χ4n) is 0.478. The van der Waals surface area contributed by atoms with Crippen LogP contribution in [0.1, 0.15) is 20.8 Å². The summed E-state index contributed by atoms with van der Waals surface area (Å²) in [5.41, 5.74) is 0.887. The van der Waals surface area contributed by atoms with Crippen LogP contribution in [0.4, 0.5) is 0 Å². The molecule has 0 heterocycles. The van der Waals surface area contributed by atoms with Crippen molar-refractivity contribution in [3.05, 3.63) is 23.5 Å². The second kappa shape index (κ2) is 3.88. The topological polar surface area (TPSA) is 37.3 Å². The molecule has 0 fully saturated rings. The van der Waals surface area contributed by atoms with Crippen molar-refractivity contribution in [3.8, 4) is 0 Å². The Morgan fingerprint density at radius 2 is 1.90 bits per heavy atom. The summed E-state index contributed by atoms with van der Waals surface area (Å²) in [4.78, 5) is 10.8. The molecule has 10 heavy (non-hydrogen) atoms. The predicted molar refractivity (Wildman–Crippen MR) is 40.8 cm³/mol. The lowest BCUT2D eigenvalue weighted by Gasteiger charge is -1.91. The summed E-state index contributed by atoms with van der Waals surface area (Å²) >= 11 is 0. The van der Waals surface area contributed by atoms with E-state index in [1.54, 1.807) is 20.8 Å². The minimum Gasteiger partial charge on any atom is -0.504 e. The predicted octanol–water partition coefficient (Wildman–Crippen LogP) is 1.98. The molecule has 2 nitrogen and oxygen atoms in total. The van der Waals surface area contributed by atoms with Gasteiger partial charge < -0.3 is 5.11 Å². The molecule has 0 aromatic rings. The molecule has 0 aromatic carbocycles. The molecule has 0 aliphatic heterocycles. The standard InChI is InChI=1S/C8H12O2/c1-4-7(9)8(10)5-6(2)3/h4-5,9H,1-3H3/b7-4+. The Kier molecular flexibility index (Phi) is 3.47. The molecule has 0 spiro atoms. The maximum atomic E-state index is 10.8. The number of aliphatic hydroxyl groups is 1. The SMILES string of the molecule is C/C=C(/O)C(=O)C=C(C)C. The maximum Gasteiger partial charge on any atom is 0.219 e. The highest BCUT2D eigenvalue weighted by Crippen LogP contribution is 1.96. The van der Waals surface area contributed by atoms with E-state index in [1.165, 1.54) is 12.2 Å². The Labute approximate surface area is 60.9 Å². The molecule has 0 aliphatic carbocycles. The molecule has 56 valence electrons. The fraction of sp³-hybridized carbons (Fsp3) is 0.375. The zero-order valence-electron chi connectivity index (χ0n) is 6.51. The van der Waals surface area contributed by atoms with Gasteiger partial charge in [-0.25, -0.2) is 0 Å². The average molecular weight is 140 g/mol. The molecule has 0 radical (unpaired) electrons. The number of allylic oxidation sites excluding steroid dienone is 3. The molecule has 0 unspecified atom stereocenters. The summed E-state index contributed by atoms with van der Waals surface area (Å²) in [6, 6.07) is 0. The van der Waals surface area contributed by atoms with Gasteiger partial charge in [0, 0.05) is 0 Å². The Hall–Kier alpha value is -1.05. The van der Waals surface area contributed by atoms with E-state index in [-0.39, 0.29) is 11.5 Å². The second-order valence-corrected chi connectivity index (χ2v) is 2.26. The van der Waals surface area contributed by atoms with Gasteiger partial charge >= 0.3 is 0 Å². The third-order valence-electron chi connectivity index (χ3n) is 0.946. The Balaban J connectivity index is 4.26. The lowest BCUT2D eigenvalue weighted by atomic mass is 10.2. The molecule has 0 rings (SSSR count). The third-order valence-corrected chi connectivity index (χ3v) is 0.946. The minimum atomic E-state index is -0.331. The molecule has 0 aromatic heterocycles. The highest BCUT2D eigenvalue weighted by Gasteiger charge is 2.00. The fourth-order valence-corrected chi connectivity index (χ4v) is 0.478. The molecular weight excluding hydrogens is 128 g/mol. The summed E-state index contributed by atoms with van der Waals surface area (Å²) in [6.07, 6.45) is 2.77. The highest BCUT2D eigenvalue weighted by molar-refractivity contribution is 6.02. The zero-order valence-corrected chi connectivity index (χ0v) is 6.51. The van der Waals surface area contributed by atoms with Crippen molar-refractivity contribution in [3.63, 3.8) is 0 Å². The van der Waals surface area contributed by atoms with Crippen molar-refractivity contribution in [2.24, 2.45) is 0 Å². The number of rotatable bonds is 2. The minimum absolute atomic E-state index is 0.193. The van der Waals surface area contributed by atoms with Crippen LogP contribution in [0, 0.1) is 0 Å². The normalized spacial score (nSPS) is 10.9. The van der Waals surface area contributed by atoms with Gasteiger partial charge in [-0.05, 0) is 32.9 Å². The van der Waals surface area contributed by atoms with Crippen LogP contribution in [0.5, 0.6) is 0 Å². The van der Waals surface area contributed by atoms with Crippen LogP contribution in [-0.2, 0) is 4.79 Å². The molecule has 0 atom stereocenters. The quantitative estimate of drug-likeness (QED) is 0.470. The average Bonchev–Trinajstić information content (AvgIpc) is 1.85. The Bertz CT molecular complexity index is 183. The van der Waals surface area contributed by atoms with Crippen molar-refractivity contribution in [2.75, 3.05) is 0 Å². The maximum absolute atomic E-state index is 10.8. The van der Waals surface area contributed by atoms with Crippen LogP contribution in [0.25, 0.3) is 0 Å². The van der Waals surface area contributed by atoms with Crippen LogP contribution in [0.2, 0.25) is 0 Å². The van der Waals surface area contributed by atoms with Gasteiger partial charge in [0.15, 0.2) is 5.76 Å². The van der Waals surface area contributed by atoms with Gasteiger partial charge in [0.25, 0.3) is 0 Å². The zero-order chi connectivity index (χ0) is 8.15. The van der Waals surface area contributed by atoms with E-state index in [0.717, 1.165) is 5.57 Å². The van der Waals surface area contributed by atoms with E-state index in [9.17, 15) is 4.79 Å². The Morgan fingerprint density at radius 1 is 1.40 bits per heavy atom. The highest BCUT2D eigenvalue weighted by atomic mass is 16.3. The molecular formula is C8H12O2. The Morgan fingerprint density at radius 3 is 2.20 bits per heavy atom. The van der Waals surface area contributed by atoms with Crippen molar-refractivity contribution < 1.29 is 9.90 Å². The molecule has 0 amide bonds. The van der Waals surface area contributed by atoms with Gasteiger partial charge in [-0.1, -0.05) is 5.57 Å². The van der Waals surface area contributed by atoms with Crippen LogP contribution >= 0.6 is 0 Å². The molecule has 0 bridgehead atoms. The van der Waals surface area contributed by atoms with E-state index < -0.39 is 0 Å². The molecule has 0 aliphatic rings. The van der Waals surface area contributed by atoms with E-state index >= 15 is 0 Å². The van der Waals surface area contributed by atoms with Gasteiger partial charge in [0.05, 0.1) is 0 Å². The number of ketones is 1. The molecule has 0 saturated carbocycles. The lowest BCUT2D eigenvalue weighted by Crippen LogP contribution is -1.96. The molecule has 1 N–H and O–H groups in total. The summed E-state index contributed by atoms with van der Waals surface area (Å²) < 4.78 is 0. The number of aliphatic hydroxyl groups excluding tert-OH is 1. The number of hydrogen-bond donors (Lipinski definition) is 1. The summed E-state index contributed by atoms with van der Waals surface area (Å²) in [5, 5.41) is 8.84. The number of hydrogen-bond acceptors (Lipinski definition) is 2. The summed E-state index contributed by atoms with van der Waals surface area (Å²) in [6.45, 7) is 5.23. The first-order valence-corrected chi connectivity index (χ1v) is 3.12. The van der Waals surface area contributed by atoms with Crippen LogP contribution in [0.3, 0.4) is 0 Å². The van der Waals surface area contributed by atoms with Gasteiger partial charge in [0.1, 0.15) is 0 Å². The van der Waals surface area contributed by atoms with Crippen molar-refractivity contribution in [1.29, 1.82) is 0 Å². The smallest absolute Gasteiger partial charge is 0.219 e. The van der Waals surface area contributed by atoms with Gasteiger partial charge in [0.2, 0.25) is 5.78 Å².